The van der Waals surface area contributed by atoms with Crippen molar-refractivity contribution < 1.29 is 9.46 Å². The van der Waals surface area contributed by atoms with Crippen molar-refractivity contribution in [2.24, 2.45) is 0 Å². The number of rotatable bonds is 4. The van der Waals surface area contributed by atoms with Crippen LogP contribution in [0.25, 0.3) is 0 Å². The molecule has 0 saturated heterocycles. The minimum absolute atomic E-state index is 0.481. The Hall–Kier alpha value is -0.0700. The van der Waals surface area contributed by atoms with Gasteiger partial charge in [0.05, 0.1) is 0 Å². The van der Waals surface area contributed by atoms with Gasteiger partial charge in [0.15, 0.2) is 0 Å². The monoisotopic (exact) mass is 174 g/mol. The van der Waals surface area contributed by atoms with Crippen LogP contribution < -0.4 is 0 Å². The second-order valence-electron chi connectivity index (χ2n) is 3.01. The third kappa shape index (κ3) is 2.18. The molecule has 3 heteroatoms. The maximum atomic E-state index is 11.4. The predicted octanol–water partition coefficient (Wildman–Crippen LogP) is 2.73. The van der Waals surface area contributed by atoms with Gasteiger partial charge in [0, 0.05) is 11.5 Å². The molecule has 0 amide bonds. The lowest BCUT2D eigenvalue weighted by Crippen LogP contribution is -1.99. The third-order valence-electron chi connectivity index (χ3n) is 2.04. The largest absolute Gasteiger partial charge is 0.341 e. The van der Waals surface area contributed by atoms with E-state index in [0.717, 1.165) is 31.0 Å². The van der Waals surface area contributed by atoms with Crippen LogP contribution in [0.15, 0.2) is 11.4 Å². The summed E-state index contributed by atoms with van der Waals surface area (Å²) in [7, 11) is -2.85. The topological polar surface area (TPSA) is 37.3 Å². The standard InChI is InChI=1S/C8H15O2P/c1-2-3-7-11(9,10)8-5-4-6-8/h5H,2-4,6-7H2,1H3,(H,9,10). The van der Waals surface area contributed by atoms with Crippen molar-refractivity contribution >= 4 is 7.37 Å². The van der Waals surface area contributed by atoms with Crippen LogP contribution in [0.1, 0.15) is 32.6 Å². The fourth-order valence-electron chi connectivity index (χ4n) is 1.11. The Morgan fingerprint density at radius 3 is 2.73 bits per heavy atom. The third-order valence-corrected chi connectivity index (χ3v) is 4.27. The Balaban J connectivity index is 2.45. The average molecular weight is 174 g/mol. The summed E-state index contributed by atoms with van der Waals surface area (Å²) in [5, 5.41) is 0.811. The zero-order valence-corrected chi connectivity index (χ0v) is 7.81. The maximum Gasteiger partial charge on any atom is 0.225 e. The smallest absolute Gasteiger partial charge is 0.225 e. The number of allylic oxidation sites excluding steroid dienone is 2. The molecule has 2 nitrogen and oxygen atoms in total. The Morgan fingerprint density at radius 1 is 1.73 bits per heavy atom. The van der Waals surface area contributed by atoms with E-state index in [2.05, 4.69) is 0 Å². The van der Waals surface area contributed by atoms with E-state index in [-0.39, 0.29) is 0 Å². The van der Waals surface area contributed by atoms with Gasteiger partial charge in [-0.2, -0.15) is 0 Å². The van der Waals surface area contributed by atoms with Gasteiger partial charge < -0.3 is 4.89 Å². The summed E-state index contributed by atoms with van der Waals surface area (Å²) in [4.78, 5) is 9.45. The molecule has 0 aliphatic heterocycles. The minimum Gasteiger partial charge on any atom is -0.341 e. The quantitative estimate of drug-likeness (QED) is 0.665. The van der Waals surface area contributed by atoms with Crippen molar-refractivity contribution in [2.75, 3.05) is 6.16 Å². The van der Waals surface area contributed by atoms with Gasteiger partial charge in [0.25, 0.3) is 0 Å². The fourth-order valence-corrected chi connectivity index (χ4v) is 3.03. The van der Waals surface area contributed by atoms with Crippen molar-refractivity contribution in [1.82, 2.24) is 0 Å². The summed E-state index contributed by atoms with van der Waals surface area (Å²) in [6, 6.07) is 0. The van der Waals surface area contributed by atoms with Gasteiger partial charge in [-0.1, -0.05) is 19.4 Å². The normalized spacial score (nSPS) is 21.8. The van der Waals surface area contributed by atoms with Crippen molar-refractivity contribution in [3.8, 4) is 0 Å². The molecule has 1 aliphatic carbocycles. The summed E-state index contributed by atoms with van der Waals surface area (Å²) < 4.78 is 11.4. The second-order valence-corrected chi connectivity index (χ2v) is 5.44. The van der Waals surface area contributed by atoms with E-state index in [9.17, 15) is 9.46 Å². The van der Waals surface area contributed by atoms with Gasteiger partial charge in [0.1, 0.15) is 0 Å². The second kappa shape index (κ2) is 3.55. The molecule has 1 rings (SSSR count). The summed E-state index contributed by atoms with van der Waals surface area (Å²) in [6.45, 7) is 2.04. The van der Waals surface area contributed by atoms with E-state index in [1.54, 1.807) is 0 Å². The minimum atomic E-state index is -2.85. The molecule has 1 aliphatic rings. The molecule has 0 aromatic rings. The molecule has 0 heterocycles. The van der Waals surface area contributed by atoms with Crippen LogP contribution >= 0.6 is 7.37 Å². The van der Waals surface area contributed by atoms with E-state index in [1.807, 2.05) is 13.0 Å². The molecule has 1 N–H and O–H groups in total. The highest BCUT2D eigenvalue weighted by molar-refractivity contribution is 7.62. The van der Waals surface area contributed by atoms with Crippen LogP contribution in [0.3, 0.4) is 0 Å². The number of hydrogen-bond donors (Lipinski definition) is 1. The van der Waals surface area contributed by atoms with E-state index < -0.39 is 7.37 Å². The summed E-state index contributed by atoms with van der Waals surface area (Å²) in [5.41, 5.74) is 0. The Labute approximate surface area is 67.8 Å². The van der Waals surface area contributed by atoms with E-state index in [1.165, 1.54) is 0 Å². The average Bonchev–Trinajstić information content (AvgIpc) is 1.78. The molecule has 0 aromatic heterocycles. The fraction of sp³-hybridized carbons (Fsp3) is 0.750. The van der Waals surface area contributed by atoms with Crippen molar-refractivity contribution in [3.05, 3.63) is 11.4 Å². The van der Waals surface area contributed by atoms with Gasteiger partial charge in [-0.25, -0.2) is 0 Å². The molecule has 0 radical (unpaired) electrons. The van der Waals surface area contributed by atoms with Gasteiger partial charge in [0.2, 0.25) is 7.37 Å². The number of unbranched alkanes of at least 4 members (excludes halogenated alkanes) is 1. The first-order valence-electron chi connectivity index (χ1n) is 4.18. The molecule has 0 aromatic carbocycles. The molecular formula is C8H15O2P. The first-order valence-corrected chi connectivity index (χ1v) is 6.02. The zero-order chi connectivity index (χ0) is 8.32. The van der Waals surface area contributed by atoms with E-state index in [4.69, 9.17) is 0 Å². The van der Waals surface area contributed by atoms with Crippen LogP contribution in [0.2, 0.25) is 0 Å². The molecule has 0 saturated carbocycles. The van der Waals surface area contributed by atoms with Gasteiger partial charge >= 0.3 is 0 Å². The van der Waals surface area contributed by atoms with Crippen molar-refractivity contribution in [3.63, 3.8) is 0 Å². The lowest BCUT2D eigenvalue weighted by molar-refractivity contribution is 0.479. The Kier molecular flexibility index (Phi) is 2.91. The molecule has 1 unspecified atom stereocenters. The lowest BCUT2D eigenvalue weighted by atomic mass is 10.1. The zero-order valence-electron chi connectivity index (χ0n) is 6.92. The lowest BCUT2D eigenvalue weighted by Gasteiger charge is -2.20. The van der Waals surface area contributed by atoms with Crippen LogP contribution in [0.4, 0.5) is 0 Å². The van der Waals surface area contributed by atoms with Gasteiger partial charge in [-0.3, -0.25) is 4.57 Å². The molecule has 0 bridgehead atoms. The van der Waals surface area contributed by atoms with Crippen molar-refractivity contribution in [2.45, 2.75) is 32.6 Å². The highest BCUT2D eigenvalue weighted by atomic mass is 31.2. The van der Waals surface area contributed by atoms with E-state index >= 15 is 0 Å². The van der Waals surface area contributed by atoms with Crippen LogP contribution in [-0.4, -0.2) is 11.1 Å². The first kappa shape index (κ1) is 9.02. The van der Waals surface area contributed by atoms with Gasteiger partial charge in [-0.05, 0) is 19.3 Å². The molecule has 1 atom stereocenters. The molecule has 0 spiro atoms. The highest BCUT2D eigenvalue weighted by Gasteiger charge is 2.26. The summed E-state index contributed by atoms with van der Waals surface area (Å²) in [6.07, 6.45) is 6.08. The maximum absolute atomic E-state index is 11.4. The number of hydrogen-bond acceptors (Lipinski definition) is 1. The van der Waals surface area contributed by atoms with Crippen LogP contribution in [0.5, 0.6) is 0 Å². The SMILES string of the molecule is CCCCP(=O)(O)C1=CCC1. The van der Waals surface area contributed by atoms with Crippen LogP contribution in [0, 0.1) is 0 Å². The first-order chi connectivity index (χ1) is 5.17. The van der Waals surface area contributed by atoms with Crippen molar-refractivity contribution in [1.29, 1.82) is 0 Å². The Bertz CT molecular complexity index is 208. The van der Waals surface area contributed by atoms with Gasteiger partial charge in [-0.15, -0.1) is 0 Å². The predicted molar refractivity (Wildman–Crippen MR) is 46.9 cm³/mol. The molecule has 11 heavy (non-hydrogen) atoms. The Morgan fingerprint density at radius 2 is 2.36 bits per heavy atom. The molecule has 64 valence electrons. The molecular weight excluding hydrogens is 159 g/mol. The molecule has 0 fully saturated rings. The van der Waals surface area contributed by atoms with Crippen LogP contribution in [-0.2, 0) is 4.57 Å². The summed E-state index contributed by atoms with van der Waals surface area (Å²) in [5.74, 6) is 0. The van der Waals surface area contributed by atoms with E-state index in [0.29, 0.717) is 6.16 Å². The summed E-state index contributed by atoms with van der Waals surface area (Å²) >= 11 is 0. The highest BCUT2D eigenvalue weighted by Crippen LogP contribution is 2.55.